The standard InChI is InChI=1S/C22H33N5O7S/c23-9-5-4-8-15(22(33)34)25-20(31)16(10-13-6-2-1-3-7-13)26-21(32)17(12-35)27-19(30)14(24)11-18(28)29/h1-3,6-7,14-17,35H,4-5,8-12,23-24H2,(H,25,31)(H,26,32)(H,27,30)(H,28,29)(H,33,34). The number of amides is 3. The first-order chi connectivity index (χ1) is 16.6. The van der Waals surface area contributed by atoms with Gasteiger partial charge in [0.15, 0.2) is 0 Å². The number of thiol groups is 1. The quantitative estimate of drug-likeness (QED) is 0.0969. The van der Waals surface area contributed by atoms with E-state index in [1.165, 1.54) is 0 Å². The van der Waals surface area contributed by atoms with Crippen molar-refractivity contribution < 1.29 is 34.2 Å². The van der Waals surface area contributed by atoms with Crippen LogP contribution in [-0.2, 0) is 30.4 Å². The molecule has 0 aliphatic heterocycles. The summed E-state index contributed by atoms with van der Waals surface area (Å²) < 4.78 is 0. The molecule has 4 atom stereocenters. The van der Waals surface area contributed by atoms with Crippen molar-refractivity contribution in [2.24, 2.45) is 11.5 Å². The van der Waals surface area contributed by atoms with Crippen LogP contribution in [0.25, 0.3) is 0 Å². The fourth-order valence-electron chi connectivity index (χ4n) is 3.11. The van der Waals surface area contributed by atoms with Gasteiger partial charge in [0.1, 0.15) is 18.1 Å². The molecule has 0 saturated carbocycles. The van der Waals surface area contributed by atoms with E-state index in [1.54, 1.807) is 30.3 Å². The number of hydrogen-bond acceptors (Lipinski definition) is 8. The molecule has 0 fully saturated rings. The van der Waals surface area contributed by atoms with Crippen molar-refractivity contribution in [3.63, 3.8) is 0 Å². The number of rotatable bonds is 16. The molecule has 4 unspecified atom stereocenters. The van der Waals surface area contributed by atoms with Crippen LogP contribution in [0.2, 0.25) is 0 Å². The highest BCUT2D eigenvalue weighted by Crippen LogP contribution is 2.07. The molecular formula is C22H33N5O7S. The van der Waals surface area contributed by atoms with Crippen molar-refractivity contribution in [1.82, 2.24) is 16.0 Å². The van der Waals surface area contributed by atoms with E-state index in [0.29, 0.717) is 24.9 Å². The molecule has 0 aliphatic rings. The van der Waals surface area contributed by atoms with Gasteiger partial charge in [0.2, 0.25) is 17.7 Å². The number of carbonyl (C=O) groups is 5. The fourth-order valence-corrected chi connectivity index (χ4v) is 3.36. The van der Waals surface area contributed by atoms with Crippen molar-refractivity contribution >= 4 is 42.3 Å². The maximum atomic E-state index is 13.0. The maximum Gasteiger partial charge on any atom is 0.326 e. The van der Waals surface area contributed by atoms with Crippen molar-refractivity contribution in [1.29, 1.82) is 0 Å². The second-order valence-electron chi connectivity index (χ2n) is 7.88. The maximum absolute atomic E-state index is 13.0. The topological polar surface area (TPSA) is 214 Å². The van der Waals surface area contributed by atoms with E-state index in [4.69, 9.17) is 16.6 Å². The Kier molecular flexibility index (Phi) is 13.4. The van der Waals surface area contributed by atoms with Gasteiger partial charge >= 0.3 is 11.9 Å². The van der Waals surface area contributed by atoms with Crippen LogP contribution in [0, 0.1) is 0 Å². The van der Waals surface area contributed by atoms with Crippen molar-refractivity contribution in [3.8, 4) is 0 Å². The lowest BCUT2D eigenvalue weighted by Gasteiger charge is -2.24. The van der Waals surface area contributed by atoms with Crippen molar-refractivity contribution in [2.45, 2.75) is 56.3 Å². The molecule has 0 heterocycles. The Labute approximate surface area is 208 Å². The summed E-state index contributed by atoms with van der Waals surface area (Å²) in [5.74, 6) is -4.99. The largest absolute Gasteiger partial charge is 0.481 e. The van der Waals surface area contributed by atoms with Crippen LogP contribution in [0.1, 0.15) is 31.2 Å². The number of carboxylic acid groups (broad SMARTS) is 2. The highest BCUT2D eigenvalue weighted by atomic mass is 32.1. The van der Waals surface area contributed by atoms with Crippen LogP contribution in [0.5, 0.6) is 0 Å². The van der Waals surface area contributed by atoms with Gasteiger partial charge in [-0.15, -0.1) is 0 Å². The first kappa shape index (κ1) is 29.9. The van der Waals surface area contributed by atoms with Gasteiger partial charge in [0.25, 0.3) is 0 Å². The first-order valence-corrected chi connectivity index (χ1v) is 11.7. The van der Waals surface area contributed by atoms with E-state index in [2.05, 4.69) is 28.6 Å². The number of unbranched alkanes of at least 4 members (excludes halogenated alkanes) is 1. The van der Waals surface area contributed by atoms with E-state index >= 15 is 0 Å². The molecule has 0 aliphatic carbocycles. The molecule has 0 bridgehead atoms. The molecule has 0 radical (unpaired) electrons. The lowest BCUT2D eigenvalue weighted by molar-refractivity contribution is -0.142. The Balaban J connectivity index is 2.98. The molecule has 1 rings (SSSR count). The highest BCUT2D eigenvalue weighted by Gasteiger charge is 2.30. The normalized spacial score (nSPS) is 14.1. The van der Waals surface area contributed by atoms with Gasteiger partial charge in [-0.2, -0.15) is 12.6 Å². The van der Waals surface area contributed by atoms with Crippen LogP contribution < -0.4 is 27.4 Å². The number of hydrogen-bond donors (Lipinski definition) is 8. The van der Waals surface area contributed by atoms with Crippen LogP contribution in [0.15, 0.2) is 30.3 Å². The Morgan fingerprint density at radius 2 is 1.43 bits per heavy atom. The monoisotopic (exact) mass is 511 g/mol. The molecule has 0 aromatic heterocycles. The second kappa shape index (κ2) is 15.7. The van der Waals surface area contributed by atoms with E-state index in [-0.39, 0.29) is 18.6 Å². The molecular weight excluding hydrogens is 478 g/mol. The first-order valence-electron chi connectivity index (χ1n) is 11.0. The third-order valence-electron chi connectivity index (χ3n) is 5.02. The summed E-state index contributed by atoms with van der Waals surface area (Å²) in [6, 6.07) is 3.84. The Morgan fingerprint density at radius 1 is 0.857 bits per heavy atom. The average Bonchev–Trinajstić information content (AvgIpc) is 2.81. The number of carboxylic acids is 2. The molecule has 35 heavy (non-hydrogen) atoms. The molecule has 0 saturated heterocycles. The number of carbonyl (C=O) groups excluding carboxylic acids is 3. The molecule has 13 heteroatoms. The lowest BCUT2D eigenvalue weighted by atomic mass is 10.0. The molecule has 1 aromatic rings. The predicted octanol–water partition coefficient (Wildman–Crippen LogP) is -1.37. The van der Waals surface area contributed by atoms with Gasteiger partial charge in [0, 0.05) is 12.2 Å². The van der Waals surface area contributed by atoms with Gasteiger partial charge in [-0.1, -0.05) is 30.3 Å². The minimum Gasteiger partial charge on any atom is -0.481 e. The molecule has 194 valence electrons. The average molecular weight is 512 g/mol. The highest BCUT2D eigenvalue weighted by molar-refractivity contribution is 7.80. The Morgan fingerprint density at radius 3 is 1.97 bits per heavy atom. The number of nitrogens with one attached hydrogen (secondary N) is 3. The number of aliphatic carboxylic acids is 2. The number of benzene rings is 1. The van der Waals surface area contributed by atoms with Gasteiger partial charge in [-0.05, 0) is 31.4 Å². The van der Waals surface area contributed by atoms with E-state index in [0.717, 1.165) is 0 Å². The van der Waals surface area contributed by atoms with Crippen LogP contribution in [0.4, 0.5) is 0 Å². The summed E-state index contributed by atoms with van der Waals surface area (Å²) in [6.45, 7) is 0.389. The minimum atomic E-state index is -1.38. The number of nitrogens with two attached hydrogens (primary N) is 2. The van der Waals surface area contributed by atoms with Crippen LogP contribution in [-0.4, -0.2) is 76.3 Å². The molecule has 0 spiro atoms. The summed E-state index contributed by atoms with van der Waals surface area (Å²) in [5, 5.41) is 25.6. The smallest absolute Gasteiger partial charge is 0.326 e. The molecule has 1 aromatic carbocycles. The molecule has 12 nitrogen and oxygen atoms in total. The minimum absolute atomic E-state index is 0.0549. The van der Waals surface area contributed by atoms with Gasteiger partial charge in [0.05, 0.1) is 12.5 Å². The summed E-state index contributed by atoms with van der Waals surface area (Å²) in [7, 11) is 0. The Hall–Kier alpha value is -3.16. The third-order valence-corrected chi connectivity index (χ3v) is 5.39. The molecule has 9 N–H and O–H groups in total. The zero-order chi connectivity index (χ0) is 26.4. The van der Waals surface area contributed by atoms with Crippen molar-refractivity contribution in [3.05, 3.63) is 35.9 Å². The fraction of sp³-hybridized carbons (Fsp3) is 0.500. The summed E-state index contributed by atoms with van der Waals surface area (Å²) in [6.07, 6.45) is 0.678. The van der Waals surface area contributed by atoms with Crippen molar-refractivity contribution in [2.75, 3.05) is 12.3 Å². The van der Waals surface area contributed by atoms with E-state index in [1.807, 2.05) is 0 Å². The van der Waals surface area contributed by atoms with Gasteiger partial charge in [-0.25, -0.2) is 4.79 Å². The third kappa shape index (κ3) is 11.2. The summed E-state index contributed by atoms with van der Waals surface area (Å²) >= 11 is 4.05. The second-order valence-corrected chi connectivity index (χ2v) is 8.25. The molecule has 3 amide bonds. The Bertz CT molecular complexity index is 871. The van der Waals surface area contributed by atoms with Crippen LogP contribution >= 0.6 is 12.6 Å². The predicted molar refractivity (Wildman–Crippen MR) is 131 cm³/mol. The SMILES string of the molecule is NCCCCC(NC(=O)C(Cc1ccccc1)NC(=O)C(CS)NC(=O)C(N)CC(=O)O)C(=O)O. The van der Waals surface area contributed by atoms with Crippen LogP contribution in [0.3, 0.4) is 0 Å². The summed E-state index contributed by atoms with van der Waals surface area (Å²) in [5.41, 5.74) is 11.7. The zero-order valence-electron chi connectivity index (χ0n) is 19.2. The zero-order valence-corrected chi connectivity index (χ0v) is 20.1. The lowest BCUT2D eigenvalue weighted by Crippen LogP contribution is -2.58. The van der Waals surface area contributed by atoms with E-state index < -0.39 is 60.2 Å². The van der Waals surface area contributed by atoms with Gasteiger partial charge in [-0.3, -0.25) is 19.2 Å². The summed E-state index contributed by atoms with van der Waals surface area (Å²) in [4.78, 5) is 60.4. The van der Waals surface area contributed by atoms with Gasteiger partial charge < -0.3 is 37.6 Å². The van der Waals surface area contributed by atoms with E-state index in [9.17, 15) is 29.1 Å².